The third-order valence-corrected chi connectivity index (χ3v) is 5.13. The van der Waals surface area contributed by atoms with Crippen molar-refractivity contribution in [3.63, 3.8) is 0 Å². The third-order valence-electron chi connectivity index (χ3n) is 3.18. The fourth-order valence-electron chi connectivity index (χ4n) is 2.15. The minimum absolute atomic E-state index is 0.174. The second-order valence-corrected chi connectivity index (χ2v) is 6.55. The van der Waals surface area contributed by atoms with Crippen LogP contribution in [0.3, 0.4) is 0 Å². The highest BCUT2D eigenvalue weighted by molar-refractivity contribution is 7.22. The van der Waals surface area contributed by atoms with Crippen molar-refractivity contribution in [3.05, 3.63) is 58.2 Å². The van der Waals surface area contributed by atoms with E-state index in [4.69, 9.17) is 0 Å². The Labute approximate surface area is 131 Å². The predicted octanol–water partition coefficient (Wildman–Crippen LogP) is 3.91. The van der Waals surface area contributed by atoms with Gasteiger partial charge in [0, 0.05) is 11.1 Å². The molecular formula is C15H8FN3OS2. The Morgan fingerprint density at radius 3 is 2.68 bits per heavy atom. The number of benzene rings is 1. The van der Waals surface area contributed by atoms with Crippen molar-refractivity contribution in [1.82, 2.24) is 15.0 Å². The van der Waals surface area contributed by atoms with E-state index in [0.29, 0.717) is 16.0 Å². The zero-order valence-corrected chi connectivity index (χ0v) is 12.7. The summed E-state index contributed by atoms with van der Waals surface area (Å²) in [5.74, 6) is 0.233. The van der Waals surface area contributed by atoms with Gasteiger partial charge in [-0.05, 0) is 23.8 Å². The van der Waals surface area contributed by atoms with E-state index in [1.807, 2.05) is 6.07 Å². The van der Waals surface area contributed by atoms with E-state index in [1.54, 1.807) is 23.8 Å². The van der Waals surface area contributed by atoms with E-state index in [1.165, 1.54) is 34.8 Å². The second kappa shape index (κ2) is 5.11. The van der Waals surface area contributed by atoms with Crippen molar-refractivity contribution in [2.75, 3.05) is 0 Å². The SMILES string of the molecule is O=c1[nH]c(-c2cncs2)nc2cc(-c3ccc(F)cc3)sc12. The summed E-state index contributed by atoms with van der Waals surface area (Å²) in [7, 11) is 0. The summed E-state index contributed by atoms with van der Waals surface area (Å²) in [6, 6.07) is 8.05. The van der Waals surface area contributed by atoms with Crippen molar-refractivity contribution >= 4 is 32.9 Å². The fourth-order valence-corrected chi connectivity index (χ4v) is 3.71. The van der Waals surface area contributed by atoms with Gasteiger partial charge in [-0.15, -0.1) is 22.7 Å². The van der Waals surface area contributed by atoms with Crippen LogP contribution in [0.5, 0.6) is 0 Å². The normalized spacial score (nSPS) is 11.1. The molecule has 0 atom stereocenters. The van der Waals surface area contributed by atoms with Gasteiger partial charge in [-0.25, -0.2) is 9.37 Å². The molecule has 108 valence electrons. The Balaban J connectivity index is 1.89. The summed E-state index contributed by atoms with van der Waals surface area (Å²) in [5, 5.41) is 0. The lowest BCUT2D eigenvalue weighted by Crippen LogP contribution is -2.06. The molecule has 7 heteroatoms. The number of thiophene rings is 1. The largest absolute Gasteiger partial charge is 0.305 e. The van der Waals surface area contributed by atoms with Gasteiger partial charge in [0.15, 0.2) is 5.82 Å². The number of hydrogen-bond acceptors (Lipinski definition) is 5. The highest BCUT2D eigenvalue weighted by atomic mass is 32.1. The average molecular weight is 329 g/mol. The van der Waals surface area contributed by atoms with Crippen LogP contribution in [0.25, 0.3) is 31.4 Å². The number of nitrogens with one attached hydrogen (secondary N) is 1. The quantitative estimate of drug-likeness (QED) is 0.606. The molecule has 0 aliphatic rings. The number of rotatable bonds is 2. The van der Waals surface area contributed by atoms with Crippen LogP contribution in [-0.2, 0) is 0 Å². The summed E-state index contributed by atoms with van der Waals surface area (Å²) < 4.78 is 13.6. The minimum Gasteiger partial charge on any atom is -0.305 e. The molecule has 0 amide bonds. The lowest BCUT2D eigenvalue weighted by atomic mass is 10.2. The van der Waals surface area contributed by atoms with Crippen molar-refractivity contribution in [2.24, 2.45) is 0 Å². The number of hydrogen-bond donors (Lipinski definition) is 1. The lowest BCUT2D eigenvalue weighted by Gasteiger charge is -1.95. The smallest absolute Gasteiger partial charge is 0.269 e. The summed E-state index contributed by atoms with van der Waals surface area (Å²) in [4.78, 5) is 25.2. The van der Waals surface area contributed by atoms with E-state index in [-0.39, 0.29) is 11.4 Å². The van der Waals surface area contributed by atoms with Crippen LogP contribution in [0, 0.1) is 5.82 Å². The zero-order valence-electron chi connectivity index (χ0n) is 11.0. The highest BCUT2D eigenvalue weighted by Gasteiger charge is 2.12. The third kappa shape index (κ3) is 2.24. The molecule has 22 heavy (non-hydrogen) atoms. The van der Waals surface area contributed by atoms with Gasteiger partial charge in [0.2, 0.25) is 0 Å². The summed E-state index contributed by atoms with van der Waals surface area (Å²) >= 11 is 2.76. The van der Waals surface area contributed by atoms with E-state index in [9.17, 15) is 9.18 Å². The van der Waals surface area contributed by atoms with Crippen molar-refractivity contribution in [2.45, 2.75) is 0 Å². The Hall–Kier alpha value is -2.38. The molecule has 1 N–H and O–H groups in total. The van der Waals surface area contributed by atoms with Crippen molar-refractivity contribution < 1.29 is 4.39 Å². The number of thiazole rings is 1. The van der Waals surface area contributed by atoms with Crippen molar-refractivity contribution in [1.29, 1.82) is 0 Å². The van der Waals surface area contributed by atoms with Gasteiger partial charge in [-0.2, -0.15) is 0 Å². The van der Waals surface area contributed by atoms with Crippen LogP contribution in [0.1, 0.15) is 0 Å². The first kappa shape index (κ1) is 13.3. The number of halogens is 1. The monoisotopic (exact) mass is 329 g/mol. The Morgan fingerprint density at radius 2 is 1.95 bits per heavy atom. The van der Waals surface area contributed by atoms with Crippen LogP contribution in [0.15, 0.2) is 46.8 Å². The highest BCUT2D eigenvalue weighted by Crippen LogP contribution is 2.31. The molecule has 0 saturated carbocycles. The topological polar surface area (TPSA) is 58.6 Å². The molecule has 0 aliphatic heterocycles. The van der Waals surface area contributed by atoms with Gasteiger partial charge < -0.3 is 4.98 Å². The number of aromatic amines is 1. The maximum Gasteiger partial charge on any atom is 0.269 e. The van der Waals surface area contributed by atoms with E-state index in [2.05, 4.69) is 15.0 Å². The average Bonchev–Trinajstić information content (AvgIpc) is 3.17. The molecule has 0 unspecified atom stereocenters. The predicted molar refractivity (Wildman–Crippen MR) is 86.7 cm³/mol. The Morgan fingerprint density at radius 1 is 1.14 bits per heavy atom. The number of aromatic nitrogens is 3. The maximum absolute atomic E-state index is 13.0. The van der Waals surface area contributed by atoms with E-state index >= 15 is 0 Å². The summed E-state index contributed by atoms with van der Waals surface area (Å²) in [6.45, 7) is 0. The first-order valence-electron chi connectivity index (χ1n) is 6.39. The van der Waals surface area contributed by atoms with E-state index < -0.39 is 0 Å². The molecule has 0 saturated heterocycles. The van der Waals surface area contributed by atoms with Crippen LogP contribution in [0.2, 0.25) is 0 Å². The molecule has 1 aromatic carbocycles. The molecule has 4 aromatic rings. The maximum atomic E-state index is 13.0. The fraction of sp³-hybridized carbons (Fsp3) is 0. The number of fused-ring (bicyclic) bond motifs is 1. The standard InChI is InChI=1S/C15H8FN3OS2/c16-9-3-1-8(2-4-9)11-5-10-13(22-11)15(20)19-14(18-10)12-6-17-7-21-12/h1-7H,(H,18,19,20). The molecule has 3 heterocycles. The zero-order chi connectivity index (χ0) is 15.1. The van der Waals surface area contributed by atoms with Gasteiger partial charge in [0.05, 0.1) is 15.9 Å². The minimum atomic E-state index is -0.284. The van der Waals surface area contributed by atoms with Gasteiger partial charge in [-0.3, -0.25) is 9.78 Å². The molecule has 3 aromatic heterocycles. The van der Waals surface area contributed by atoms with Gasteiger partial charge in [-0.1, -0.05) is 12.1 Å². The molecular weight excluding hydrogens is 321 g/mol. The summed E-state index contributed by atoms with van der Waals surface area (Å²) in [5.41, 5.74) is 3.02. The van der Waals surface area contributed by atoms with Crippen LogP contribution < -0.4 is 5.56 Å². The van der Waals surface area contributed by atoms with Crippen LogP contribution in [-0.4, -0.2) is 15.0 Å². The molecule has 0 fully saturated rings. The van der Waals surface area contributed by atoms with Gasteiger partial charge in [0.1, 0.15) is 10.5 Å². The van der Waals surface area contributed by atoms with Gasteiger partial charge >= 0.3 is 0 Å². The molecule has 0 bridgehead atoms. The van der Waals surface area contributed by atoms with Crippen LogP contribution >= 0.6 is 22.7 Å². The van der Waals surface area contributed by atoms with E-state index in [0.717, 1.165) is 15.3 Å². The summed E-state index contributed by atoms with van der Waals surface area (Å²) in [6.07, 6.45) is 1.67. The Bertz CT molecular complexity index is 1000. The number of nitrogens with zero attached hydrogens (tertiary/aromatic N) is 2. The van der Waals surface area contributed by atoms with Gasteiger partial charge in [0.25, 0.3) is 5.56 Å². The first-order valence-corrected chi connectivity index (χ1v) is 8.09. The Kier molecular flexibility index (Phi) is 3.09. The van der Waals surface area contributed by atoms with Crippen LogP contribution in [0.4, 0.5) is 4.39 Å². The lowest BCUT2D eigenvalue weighted by molar-refractivity contribution is 0.628. The molecule has 4 rings (SSSR count). The number of H-pyrrole nitrogens is 1. The molecule has 0 spiro atoms. The first-order chi connectivity index (χ1) is 10.7. The molecule has 4 nitrogen and oxygen atoms in total. The van der Waals surface area contributed by atoms with Crippen molar-refractivity contribution in [3.8, 4) is 21.1 Å². The second-order valence-electron chi connectivity index (χ2n) is 4.61. The molecule has 0 radical (unpaired) electrons. The molecule has 0 aliphatic carbocycles.